The number of nitro groups is 1. The van der Waals surface area contributed by atoms with Crippen LogP contribution in [0.1, 0.15) is 5.56 Å². The summed E-state index contributed by atoms with van der Waals surface area (Å²) in [5, 5.41) is 10.7. The summed E-state index contributed by atoms with van der Waals surface area (Å²) in [5.74, 6) is 0.0961. The van der Waals surface area contributed by atoms with Crippen LogP contribution in [-0.4, -0.2) is 34.1 Å². The molecule has 0 aromatic heterocycles. The molecule has 0 spiro atoms. The molecule has 1 aliphatic heterocycles. The first-order valence-corrected chi connectivity index (χ1v) is 9.69. The SMILES string of the molecule is O=C1S/C(=C\C=C\c2ccc([N+](=O)[O-])cc2)C(=O)N1CCOc1ccccc1Cl. The van der Waals surface area contributed by atoms with Gasteiger partial charge in [-0.1, -0.05) is 35.9 Å². The molecule has 0 aliphatic carbocycles. The Hall–Kier alpha value is -3.10. The molecule has 148 valence electrons. The minimum Gasteiger partial charge on any atom is -0.490 e. The largest absolute Gasteiger partial charge is 0.490 e. The summed E-state index contributed by atoms with van der Waals surface area (Å²) in [6.07, 6.45) is 4.86. The molecule has 0 saturated carbocycles. The standard InChI is InChI=1S/C20H15ClN2O5S/c21-16-5-1-2-6-17(16)28-13-12-22-19(24)18(29-20(22)25)7-3-4-14-8-10-15(11-9-14)23(26)27/h1-11H,12-13H2/b4-3+,18-7-. The van der Waals surface area contributed by atoms with Crippen LogP contribution in [0.2, 0.25) is 5.02 Å². The van der Waals surface area contributed by atoms with Crippen LogP contribution in [0.5, 0.6) is 5.75 Å². The number of carbonyl (C=O) groups excluding carboxylic acids is 2. The number of thioether (sulfide) groups is 1. The predicted octanol–water partition coefficient (Wildman–Crippen LogP) is 4.92. The average molecular weight is 431 g/mol. The first-order chi connectivity index (χ1) is 14.0. The normalized spacial score (nSPS) is 15.5. The van der Waals surface area contributed by atoms with Crippen LogP contribution in [0.15, 0.2) is 65.6 Å². The highest BCUT2D eigenvalue weighted by atomic mass is 35.5. The molecule has 29 heavy (non-hydrogen) atoms. The van der Waals surface area contributed by atoms with Crippen molar-refractivity contribution in [3.63, 3.8) is 0 Å². The molecule has 0 radical (unpaired) electrons. The predicted molar refractivity (Wildman–Crippen MR) is 112 cm³/mol. The molecule has 2 amide bonds. The first-order valence-electron chi connectivity index (χ1n) is 8.49. The number of ether oxygens (including phenoxy) is 1. The van der Waals surface area contributed by atoms with Crippen molar-refractivity contribution >= 4 is 46.3 Å². The number of carbonyl (C=O) groups is 2. The van der Waals surface area contributed by atoms with Gasteiger partial charge in [0.2, 0.25) is 0 Å². The van der Waals surface area contributed by atoms with Gasteiger partial charge in [0, 0.05) is 12.1 Å². The summed E-state index contributed by atoms with van der Waals surface area (Å²) in [6.45, 7) is 0.243. The number of non-ortho nitro benzene ring substituents is 1. The third-order valence-corrected chi connectivity index (χ3v) is 5.16. The summed E-state index contributed by atoms with van der Waals surface area (Å²) in [6, 6.07) is 12.9. The average Bonchev–Trinajstić information content (AvgIpc) is 2.97. The van der Waals surface area contributed by atoms with Crippen molar-refractivity contribution in [1.82, 2.24) is 4.90 Å². The lowest BCUT2D eigenvalue weighted by molar-refractivity contribution is -0.384. The number of para-hydroxylation sites is 1. The van der Waals surface area contributed by atoms with E-state index in [9.17, 15) is 19.7 Å². The maximum absolute atomic E-state index is 12.4. The third-order valence-electron chi connectivity index (χ3n) is 3.92. The van der Waals surface area contributed by atoms with Gasteiger partial charge in [-0.2, -0.15) is 0 Å². The number of nitrogens with zero attached hydrogens (tertiary/aromatic N) is 2. The molecular formula is C20H15ClN2O5S. The van der Waals surface area contributed by atoms with Crippen molar-refractivity contribution in [2.24, 2.45) is 0 Å². The van der Waals surface area contributed by atoms with E-state index in [4.69, 9.17) is 16.3 Å². The molecule has 7 nitrogen and oxygen atoms in total. The van der Waals surface area contributed by atoms with Crippen LogP contribution in [0.25, 0.3) is 6.08 Å². The molecule has 1 saturated heterocycles. The van der Waals surface area contributed by atoms with E-state index in [1.807, 2.05) is 0 Å². The van der Waals surface area contributed by atoms with Gasteiger partial charge in [-0.25, -0.2) is 0 Å². The van der Waals surface area contributed by atoms with E-state index in [2.05, 4.69) is 0 Å². The maximum atomic E-state index is 12.4. The van der Waals surface area contributed by atoms with Gasteiger partial charge in [0.05, 0.1) is 21.4 Å². The van der Waals surface area contributed by atoms with Crippen LogP contribution >= 0.6 is 23.4 Å². The van der Waals surface area contributed by atoms with Crippen LogP contribution < -0.4 is 4.74 Å². The highest BCUT2D eigenvalue weighted by Crippen LogP contribution is 2.30. The van der Waals surface area contributed by atoms with Gasteiger partial charge < -0.3 is 4.74 Å². The second-order valence-electron chi connectivity index (χ2n) is 5.84. The Balaban J connectivity index is 1.57. The molecule has 0 N–H and O–H groups in total. The summed E-state index contributed by atoms with van der Waals surface area (Å²) in [4.78, 5) is 36.1. The lowest BCUT2D eigenvalue weighted by Crippen LogP contribution is -2.32. The van der Waals surface area contributed by atoms with E-state index in [1.165, 1.54) is 12.1 Å². The highest BCUT2D eigenvalue weighted by molar-refractivity contribution is 8.18. The van der Waals surface area contributed by atoms with Crippen LogP contribution in [-0.2, 0) is 4.79 Å². The topological polar surface area (TPSA) is 89.8 Å². The summed E-state index contributed by atoms with van der Waals surface area (Å²) in [5.41, 5.74) is 0.737. The number of benzene rings is 2. The number of hydrogen-bond acceptors (Lipinski definition) is 6. The third kappa shape index (κ3) is 5.24. The number of halogens is 1. The number of rotatable bonds is 7. The van der Waals surface area contributed by atoms with Crippen molar-refractivity contribution in [2.75, 3.05) is 13.2 Å². The van der Waals surface area contributed by atoms with E-state index < -0.39 is 10.8 Å². The number of imide groups is 1. The molecule has 1 aliphatic rings. The van der Waals surface area contributed by atoms with Gasteiger partial charge in [0.1, 0.15) is 12.4 Å². The fourth-order valence-corrected chi connectivity index (χ4v) is 3.48. The first kappa shape index (κ1) is 20.6. The molecule has 0 unspecified atom stereocenters. The Morgan fingerprint density at radius 3 is 2.55 bits per heavy atom. The van der Waals surface area contributed by atoms with Gasteiger partial charge in [0.25, 0.3) is 16.8 Å². The van der Waals surface area contributed by atoms with E-state index in [0.29, 0.717) is 15.7 Å². The Kier molecular flexibility index (Phi) is 6.69. The Morgan fingerprint density at radius 1 is 1.14 bits per heavy atom. The summed E-state index contributed by atoms with van der Waals surface area (Å²) < 4.78 is 5.53. The lowest BCUT2D eigenvalue weighted by atomic mass is 10.2. The van der Waals surface area contributed by atoms with Gasteiger partial charge in [-0.3, -0.25) is 24.6 Å². The quantitative estimate of drug-likeness (QED) is 0.352. The molecule has 1 heterocycles. The van der Waals surface area contributed by atoms with Crippen molar-refractivity contribution in [3.8, 4) is 5.75 Å². The monoisotopic (exact) mass is 430 g/mol. The number of nitro benzene ring substituents is 1. The number of allylic oxidation sites excluding steroid dienone is 2. The molecule has 0 atom stereocenters. The van der Waals surface area contributed by atoms with Gasteiger partial charge in [-0.05, 0) is 47.7 Å². The van der Waals surface area contributed by atoms with Gasteiger partial charge >= 0.3 is 0 Å². The van der Waals surface area contributed by atoms with E-state index in [0.717, 1.165) is 22.2 Å². The molecule has 2 aromatic rings. The zero-order chi connectivity index (χ0) is 20.8. The number of hydrogen-bond donors (Lipinski definition) is 0. The van der Waals surface area contributed by atoms with Crippen molar-refractivity contribution in [3.05, 3.63) is 86.3 Å². The van der Waals surface area contributed by atoms with Crippen molar-refractivity contribution in [2.45, 2.75) is 0 Å². The fourth-order valence-electron chi connectivity index (χ4n) is 2.47. The Morgan fingerprint density at radius 2 is 1.86 bits per heavy atom. The second-order valence-corrected chi connectivity index (χ2v) is 7.24. The van der Waals surface area contributed by atoms with E-state index >= 15 is 0 Å². The van der Waals surface area contributed by atoms with E-state index in [-0.39, 0.29) is 24.1 Å². The second kappa shape index (κ2) is 9.40. The minimum atomic E-state index is -0.473. The molecule has 2 aromatic carbocycles. The summed E-state index contributed by atoms with van der Waals surface area (Å²) in [7, 11) is 0. The Bertz CT molecular complexity index is 1000. The zero-order valence-electron chi connectivity index (χ0n) is 15.0. The molecular weight excluding hydrogens is 416 g/mol. The van der Waals surface area contributed by atoms with E-state index in [1.54, 1.807) is 54.6 Å². The highest BCUT2D eigenvalue weighted by Gasteiger charge is 2.34. The van der Waals surface area contributed by atoms with Crippen LogP contribution in [0, 0.1) is 10.1 Å². The lowest BCUT2D eigenvalue weighted by Gasteiger charge is -2.13. The van der Waals surface area contributed by atoms with Crippen LogP contribution in [0.3, 0.4) is 0 Å². The zero-order valence-corrected chi connectivity index (χ0v) is 16.6. The molecule has 3 rings (SSSR count). The van der Waals surface area contributed by atoms with Gasteiger partial charge in [-0.15, -0.1) is 0 Å². The molecule has 9 heteroatoms. The summed E-state index contributed by atoms with van der Waals surface area (Å²) >= 11 is 6.85. The maximum Gasteiger partial charge on any atom is 0.293 e. The fraction of sp³-hybridized carbons (Fsp3) is 0.100. The van der Waals surface area contributed by atoms with Crippen molar-refractivity contribution in [1.29, 1.82) is 0 Å². The smallest absolute Gasteiger partial charge is 0.293 e. The number of amides is 2. The van der Waals surface area contributed by atoms with Crippen molar-refractivity contribution < 1.29 is 19.2 Å². The Labute approximate surface area is 175 Å². The minimum absolute atomic E-state index is 0.00211. The van der Waals surface area contributed by atoms with Gasteiger partial charge in [0.15, 0.2) is 0 Å². The molecule has 1 fully saturated rings. The molecule has 0 bridgehead atoms. The van der Waals surface area contributed by atoms with Crippen LogP contribution in [0.4, 0.5) is 10.5 Å².